The van der Waals surface area contributed by atoms with Crippen LogP contribution in [-0.4, -0.2) is 44.3 Å². The smallest absolute Gasteiger partial charge is 0.305 e. The molecule has 3 rings (SSSR count). The molecule has 0 N–H and O–H groups in total. The van der Waals surface area contributed by atoms with Crippen LogP contribution in [0.4, 0.5) is 0 Å². The van der Waals surface area contributed by atoms with Gasteiger partial charge in [0.2, 0.25) is 0 Å². The molecule has 0 spiro atoms. The van der Waals surface area contributed by atoms with Gasteiger partial charge in [-0.15, -0.1) is 0 Å². The van der Waals surface area contributed by atoms with Crippen LogP contribution in [0.15, 0.2) is 12.1 Å². The Morgan fingerprint density at radius 1 is 1.22 bits per heavy atom. The maximum Gasteiger partial charge on any atom is 0.305 e. The Labute approximate surface area is 163 Å². The van der Waals surface area contributed by atoms with Crippen molar-refractivity contribution in [3.8, 4) is 11.5 Å². The lowest BCUT2D eigenvalue weighted by Crippen LogP contribution is -2.49. The number of piperidine rings is 1. The van der Waals surface area contributed by atoms with Crippen LogP contribution in [0.3, 0.4) is 0 Å². The molecule has 0 radical (unpaired) electrons. The molecule has 1 aromatic carbocycles. The maximum absolute atomic E-state index is 12.0. The van der Waals surface area contributed by atoms with Gasteiger partial charge < -0.3 is 14.2 Å². The number of fused-ring (bicyclic) bond motifs is 3. The summed E-state index contributed by atoms with van der Waals surface area (Å²) in [7, 11) is 3.35. The van der Waals surface area contributed by atoms with E-state index in [9.17, 15) is 4.79 Å². The van der Waals surface area contributed by atoms with E-state index in [1.54, 1.807) is 14.2 Å². The summed E-state index contributed by atoms with van der Waals surface area (Å²) in [5, 5.41) is 0. The minimum atomic E-state index is -0.0921. The molecule has 3 atom stereocenters. The monoisotopic (exact) mass is 375 g/mol. The first-order valence-electron chi connectivity index (χ1n) is 10.1. The molecule has 2 unspecified atom stereocenters. The quantitative estimate of drug-likeness (QED) is 0.704. The first-order valence-corrected chi connectivity index (χ1v) is 10.1. The summed E-state index contributed by atoms with van der Waals surface area (Å²) in [6.45, 7) is 8.37. The van der Waals surface area contributed by atoms with E-state index in [1.807, 2.05) is 6.92 Å². The molecular weight excluding hydrogens is 342 g/mol. The predicted octanol–water partition coefficient (Wildman–Crippen LogP) is 3.99. The van der Waals surface area contributed by atoms with Gasteiger partial charge in [0.15, 0.2) is 11.5 Å². The highest BCUT2D eigenvalue weighted by atomic mass is 16.5. The second-order valence-corrected chi connectivity index (χ2v) is 8.17. The summed E-state index contributed by atoms with van der Waals surface area (Å²) in [5.74, 6) is 2.46. The molecule has 2 aliphatic rings. The molecule has 150 valence electrons. The van der Waals surface area contributed by atoms with Gasteiger partial charge in [-0.3, -0.25) is 9.69 Å². The fourth-order valence-electron chi connectivity index (χ4n) is 4.63. The van der Waals surface area contributed by atoms with E-state index in [1.165, 1.54) is 11.1 Å². The van der Waals surface area contributed by atoms with Crippen molar-refractivity contribution in [2.75, 3.05) is 27.3 Å². The van der Waals surface area contributed by atoms with Crippen molar-refractivity contribution < 1.29 is 19.0 Å². The van der Waals surface area contributed by atoms with Crippen molar-refractivity contribution >= 4 is 5.97 Å². The largest absolute Gasteiger partial charge is 0.493 e. The van der Waals surface area contributed by atoms with E-state index in [0.717, 1.165) is 43.9 Å². The molecule has 5 heteroatoms. The standard InChI is InChI=1S/C22H33NO4/c1-6-22(24)27-19-12-18-17-11-21(26-5)20(25-4)10-15(17)7-8-23(18)13-16(19)9-14(2)3/h10-11,14,16,18-19H,6-9,12-13H2,1-5H3/t16?,18?,19-/m1/s1. The lowest BCUT2D eigenvalue weighted by molar-refractivity contribution is -0.157. The molecule has 0 bridgehead atoms. The molecular formula is C22H33NO4. The second kappa shape index (κ2) is 8.51. The van der Waals surface area contributed by atoms with Crippen molar-refractivity contribution in [1.82, 2.24) is 4.90 Å². The van der Waals surface area contributed by atoms with E-state index in [0.29, 0.717) is 18.3 Å². The van der Waals surface area contributed by atoms with Gasteiger partial charge in [-0.1, -0.05) is 20.8 Å². The normalized spacial score (nSPS) is 24.9. The maximum atomic E-state index is 12.0. The zero-order valence-corrected chi connectivity index (χ0v) is 17.3. The number of ether oxygens (including phenoxy) is 3. The second-order valence-electron chi connectivity index (χ2n) is 8.17. The highest BCUT2D eigenvalue weighted by molar-refractivity contribution is 5.69. The molecule has 0 aromatic heterocycles. The number of esters is 1. The van der Waals surface area contributed by atoms with Gasteiger partial charge in [0.05, 0.1) is 14.2 Å². The fourth-order valence-corrected chi connectivity index (χ4v) is 4.63. The van der Waals surface area contributed by atoms with Crippen LogP contribution in [0, 0.1) is 11.8 Å². The van der Waals surface area contributed by atoms with E-state index < -0.39 is 0 Å². The Bertz CT molecular complexity index is 673. The van der Waals surface area contributed by atoms with Crippen LogP contribution >= 0.6 is 0 Å². The average molecular weight is 376 g/mol. The highest BCUT2D eigenvalue weighted by Crippen LogP contribution is 2.44. The van der Waals surface area contributed by atoms with Gasteiger partial charge in [-0.2, -0.15) is 0 Å². The van der Waals surface area contributed by atoms with Crippen LogP contribution in [0.2, 0.25) is 0 Å². The Balaban J connectivity index is 1.90. The summed E-state index contributed by atoms with van der Waals surface area (Å²) in [6, 6.07) is 4.50. The fraction of sp³-hybridized carbons (Fsp3) is 0.682. The van der Waals surface area contributed by atoms with Crippen molar-refractivity contribution in [1.29, 1.82) is 0 Å². The van der Waals surface area contributed by atoms with Crippen LogP contribution in [0.5, 0.6) is 11.5 Å². The van der Waals surface area contributed by atoms with Crippen LogP contribution in [0.25, 0.3) is 0 Å². The number of rotatable bonds is 6. The van der Waals surface area contributed by atoms with Crippen molar-refractivity contribution in [3.63, 3.8) is 0 Å². The number of nitrogens with zero attached hydrogens (tertiary/aromatic N) is 1. The molecule has 5 nitrogen and oxygen atoms in total. The molecule has 2 aliphatic heterocycles. The number of carbonyl (C=O) groups excluding carboxylic acids is 1. The third kappa shape index (κ3) is 4.23. The number of hydrogen-bond acceptors (Lipinski definition) is 5. The topological polar surface area (TPSA) is 48.0 Å². The lowest BCUT2D eigenvalue weighted by Gasteiger charge is -2.47. The molecule has 27 heavy (non-hydrogen) atoms. The number of benzene rings is 1. The third-order valence-corrected chi connectivity index (χ3v) is 5.91. The minimum absolute atomic E-state index is 0.0138. The summed E-state index contributed by atoms with van der Waals surface area (Å²) in [5.41, 5.74) is 2.61. The van der Waals surface area contributed by atoms with Crippen LogP contribution in [0.1, 0.15) is 57.2 Å². The van der Waals surface area contributed by atoms with E-state index in [-0.39, 0.29) is 18.1 Å². The van der Waals surface area contributed by atoms with Crippen molar-refractivity contribution in [2.24, 2.45) is 11.8 Å². The van der Waals surface area contributed by atoms with Gasteiger partial charge in [0.1, 0.15) is 6.10 Å². The molecule has 1 fully saturated rings. The van der Waals surface area contributed by atoms with Gasteiger partial charge in [-0.25, -0.2) is 0 Å². The van der Waals surface area contributed by atoms with E-state index in [4.69, 9.17) is 14.2 Å². The van der Waals surface area contributed by atoms with E-state index >= 15 is 0 Å². The van der Waals surface area contributed by atoms with Crippen molar-refractivity contribution in [3.05, 3.63) is 23.3 Å². The SMILES string of the molecule is CCC(=O)O[C@@H]1CC2c3cc(OC)c(OC)cc3CCN2CC1CC(C)C. The first kappa shape index (κ1) is 20.0. The summed E-state index contributed by atoms with van der Waals surface area (Å²) in [6.07, 6.45) is 3.37. The van der Waals surface area contributed by atoms with Gasteiger partial charge in [-0.05, 0) is 42.0 Å². The minimum Gasteiger partial charge on any atom is -0.493 e. The average Bonchev–Trinajstić information content (AvgIpc) is 2.66. The number of hydrogen-bond donors (Lipinski definition) is 0. The molecule has 0 aliphatic carbocycles. The van der Waals surface area contributed by atoms with Crippen LogP contribution < -0.4 is 9.47 Å². The molecule has 1 saturated heterocycles. The van der Waals surface area contributed by atoms with Crippen molar-refractivity contribution in [2.45, 2.75) is 58.6 Å². The predicted molar refractivity (Wildman–Crippen MR) is 105 cm³/mol. The highest BCUT2D eigenvalue weighted by Gasteiger charge is 2.41. The molecule has 2 heterocycles. The summed E-state index contributed by atoms with van der Waals surface area (Å²) >= 11 is 0. The number of carbonyl (C=O) groups is 1. The molecule has 0 amide bonds. The van der Waals surface area contributed by atoms with E-state index in [2.05, 4.69) is 30.9 Å². The molecule has 0 saturated carbocycles. The Hall–Kier alpha value is -1.75. The molecule has 1 aromatic rings. The van der Waals surface area contributed by atoms with Gasteiger partial charge in [0.25, 0.3) is 0 Å². The zero-order chi connectivity index (χ0) is 19.6. The summed E-state index contributed by atoms with van der Waals surface area (Å²) < 4.78 is 16.9. The third-order valence-electron chi connectivity index (χ3n) is 5.91. The first-order chi connectivity index (χ1) is 13.0. The summed E-state index contributed by atoms with van der Waals surface area (Å²) in [4.78, 5) is 14.6. The van der Waals surface area contributed by atoms with Gasteiger partial charge in [0, 0.05) is 37.9 Å². The van der Waals surface area contributed by atoms with Gasteiger partial charge >= 0.3 is 5.97 Å². The lowest BCUT2D eigenvalue weighted by atomic mass is 9.79. The number of methoxy groups -OCH3 is 2. The zero-order valence-electron chi connectivity index (χ0n) is 17.3. The Morgan fingerprint density at radius 3 is 2.56 bits per heavy atom. The van der Waals surface area contributed by atoms with Crippen LogP contribution in [-0.2, 0) is 16.0 Å². The Morgan fingerprint density at radius 2 is 1.93 bits per heavy atom. The Kier molecular flexibility index (Phi) is 6.30.